The Morgan fingerprint density at radius 1 is 1.62 bits per heavy atom. The summed E-state index contributed by atoms with van der Waals surface area (Å²) in [5, 5.41) is 6.82. The van der Waals surface area contributed by atoms with E-state index in [4.69, 9.17) is 4.74 Å². The Morgan fingerprint density at radius 3 is 2.75 bits per heavy atom. The Balaban J connectivity index is 2.73. The van der Waals surface area contributed by atoms with Crippen LogP contribution < -0.4 is 5.32 Å². The fraction of sp³-hybridized carbons (Fsp3) is 0.600. The maximum absolute atomic E-state index is 11.6. The van der Waals surface area contributed by atoms with Crippen molar-refractivity contribution in [2.24, 2.45) is 0 Å². The zero-order valence-electron chi connectivity index (χ0n) is 9.87. The third-order valence-electron chi connectivity index (χ3n) is 1.71. The number of aryl methyl sites for hydroxylation is 1. The number of carbonyl (C=O) groups excluding carboxylic acids is 1. The van der Waals surface area contributed by atoms with Crippen molar-refractivity contribution in [1.82, 2.24) is 9.78 Å². The Bertz CT molecular complexity index is 382. The van der Waals surface area contributed by atoms with E-state index in [2.05, 4.69) is 33.0 Å². The molecule has 0 unspecified atom stereocenters. The summed E-state index contributed by atoms with van der Waals surface area (Å²) >= 11 is 2.12. The molecule has 1 heterocycles. The van der Waals surface area contributed by atoms with Gasteiger partial charge in [-0.15, -0.1) is 0 Å². The van der Waals surface area contributed by atoms with Crippen LogP contribution in [-0.4, -0.2) is 21.5 Å². The van der Waals surface area contributed by atoms with Gasteiger partial charge in [0.1, 0.15) is 11.4 Å². The van der Waals surface area contributed by atoms with Gasteiger partial charge in [0.25, 0.3) is 0 Å². The van der Waals surface area contributed by atoms with Crippen molar-refractivity contribution in [3.05, 3.63) is 9.77 Å². The molecule has 16 heavy (non-hydrogen) atoms. The fourth-order valence-corrected chi connectivity index (χ4v) is 1.66. The summed E-state index contributed by atoms with van der Waals surface area (Å²) in [4.78, 5) is 11.6. The average Bonchev–Trinajstić information content (AvgIpc) is 2.44. The first kappa shape index (κ1) is 13.3. The van der Waals surface area contributed by atoms with E-state index in [0.29, 0.717) is 12.4 Å². The average molecular weight is 337 g/mol. The molecular formula is C10H16IN3O2. The molecule has 0 bridgehead atoms. The van der Waals surface area contributed by atoms with Crippen molar-refractivity contribution in [1.29, 1.82) is 0 Å². The van der Waals surface area contributed by atoms with Crippen molar-refractivity contribution in [2.75, 3.05) is 5.32 Å². The number of halogens is 1. The first-order valence-corrected chi connectivity index (χ1v) is 6.12. The van der Waals surface area contributed by atoms with E-state index in [0.717, 1.165) is 3.57 Å². The van der Waals surface area contributed by atoms with E-state index in [1.54, 1.807) is 10.9 Å². The van der Waals surface area contributed by atoms with Gasteiger partial charge in [-0.05, 0) is 50.3 Å². The van der Waals surface area contributed by atoms with Gasteiger partial charge in [0.2, 0.25) is 0 Å². The lowest BCUT2D eigenvalue weighted by Gasteiger charge is -2.19. The van der Waals surface area contributed by atoms with Crippen molar-refractivity contribution in [3.63, 3.8) is 0 Å². The predicted molar refractivity (Wildman–Crippen MR) is 70.5 cm³/mol. The zero-order chi connectivity index (χ0) is 12.3. The molecule has 1 rings (SSSR count). The molecule has 0 radical (unpaired) electrons. The number of aromatic nitrogens is 2. The fourth-order valence-electron chi connectivity index (χ4n) is 1.13. The van der Waals surface area contributed by atoms with Crippen LogP contribution in [0.25, 0.3) is 0 Å². The van der Waals surface area contributed by atoms with Crippen LogP contribution in [0.1, 0.15) is 27.7 Å². The summed E-state index contributed by atoms with van der Waals surface area (Å²) in [6.45, 7) is 8.15. The molecule has 0 aliphatic carbocycles. The molecule has 0 fully saturated rings. The number of carbonyl (C=O) groups is 1. The Kier molecular flexibility index (Phi) is 4.17. The van der Waals surface area contributed by atoms with Crippen molar-refractivity contribution < 1.29 is 9.53 Å². The van der Waals surface area contributed by atoms with Crippen LogP contribution >= 0.6 is 22.6 Å². The van der Waals surface area contributed by atoms with Gasteiger partial charge in [0.05, 0.1) is 9.77 Å². The molecule has 0 saturated heterocycles. The van der Waals surface area contributed by atoms with E-state index < -0.39 is 11.7 Å². The number of nitrogens with one attached hydrogen (secondary N) is 1. The zero-order valence-corrected chi connectivity index (χ0v) is 12.0. The second-order valence-corrected chi connectivity index (χ2v) is 5.45. The molecule has 0 atom stereocenters. The SMILES string of the molecule is CCn1ncc(I)c1NC(=O)OC(C)(C)C. The summed E-state index contributed by atoms with van der Waals surface area (Å²) < 4.78 is 7.78. The normalized spacial score (nSPS) is 11.3. The molecule has 5 nitrogen and oxygen atoms in total. The van der Waals surface area contributed by atoms with Crippen LogP contribution in [-0.2, 0) is 11.3 Å². The largest absolute Gasteiger partial charge is 0.444 e. The van der Waals surface area contributed by atoms with E-state index in [9.17, 15) is 4.79 Å². The van der Waals surface area contributed by atoms with Crippen LogP contribution in [0.5, 0.6) is 0 Å². The summed E-state index contributed by atoms with van der Waals surface area (Å²) in [5.74, 6) is 0.678. The molecule has 0 spiro atoms. The highest BCUT2D eigenvalue weighted by atomic mass is 127. The number of rotatable bonds is 2. The van der Waals surface area contributed by atoms with Crippen LogP contribution in [0, 0.1) is 3.57 Å². The molecule has 1 N–H and O–H groups in total. The summed E-state index contributed by atoms with van der Waals surface area (Å²) in [6, 6.07) is 0. The van der Waals surface area contributed by atoms with Gasteiger partial charge in [-0.2, -0.15) is 5.10 Å². The molecule has 0 aromatic carbocycles. The predicted octanol–water partition coefficient (Wildman–Crippen LogP) is 2.85. The molecule has 1 amide bonds. The quantitative estimate of drug-likeness (QED) is 0.845. The molecule has 0 aliphatic heterocycles. The third kappa shape index (κ3) is 3.66. The second kappa shape index (κ2) is 5.03. The lowest BCUT2D eigenvalue weighted by Crippen LogP contribution is -2.28. The van der Waals surface area contributed by atoms with Gasteiger partial charge in [0, 0.05) is 6.54 Å². The standard InChI is InChI=1S/C10H16IN3O2/c1-5-14-8(7(11)6-12-14)13-9(15)16-10(2,3)4/h6H,5H2,1-4H3,(H,13,15). The number of hydrogen-bond acceptors (Lipinski definition) is 3. The van der Waals surface area contributed by atoms with Gasteiger partial charge in [-0.1, -0.05) is 0 Å². The topological polar surface area (TPSA) is 56.2 Å². The van der Waals surface area contributed by atoms with Crippen molar-refractivity contribution >= 4 is 34.5 Å². The molecule has 1 aromatic rings. The lowest BCUT2D eigenvalue weighted by molar-refractivity contribution is 0.0634. The van der Waals surface area contributed by atoms with Crippen molar-refractivity contribution in [2.45, 2.75) is 39.8 Å². The Labute approximate surface area is 109 Å². The summed E-state index contributed by atoms with van der Waals surface area (Å²) in [6.07, 6.45) is 1.25. The minimum absolute atomic E-state index is 0.458. The highest BCUT2D eigenvalue weighted by molar-refractivity contribution is 14.1. The molecule has 6 heteroatoms. The minimum atomic E-state index is -0.493. The van der Waals surface area contributed by atoms with E-state index >= 15 is 0 Å². The maximum Gasteiger partial charge on any atom is 0.413 e. The second-order valence-electron chi connectivity index (χ2n) is 4.28. The van der Waals surface area contributed by atoms with Crippen LogP contribution in [0.2, 0.25) is 0 Å². The highest BCUT2D eigenvalue weighted by Crippen LogP contribution is 2.18. The highest BCUT2D eigenvalue weighted by Gasteiger charge is 2.18. The smallest absolute Gasteiger partial charge is 0.413 e. The molecule has 0 saturated carbocycles. The summed E-state index contributed by atoms with van der Waals surface area (Å²) in [7, 11) is 0. The number of hydrogen-bond donors (Lipinski definition) is 1. The van der Waals surface area contributed by atoms with Gasteiger partial charge in [-0.25, -0.2) is 9.48 Å². The first-order valence-electron chi connectivity index (χ1n) is 5.05. The van der Waals surface area contributed by atoms with E-state index in [1.165, 1.54) is 0 Å². The maximum atomic E-state index is 11.6. The molecular weight excluding hydrogens is 321 g/mol. The lowest BCUT2D eigenvalue weighted by atomic mass is 10.2. The number of nitrogens with zero attached hydrogens (tertiary/aromatic N) is 2. The minimum Gasteiger partial charge on any atom is -0.444 e. The Morgan fingerprint density at radius 2 is 2.25 bits per heavy atom. The first-order chi connectivity index (χ1) is 7.33. The van der Waals surface area contributed by atoms with Crippen LogP contribution in [0.3, 0.4) is 0 Å². The van der Waals surface area contributed by atoms with Crippen molar-refractivity contribution in [3.8, 4) is 0 Å². The number of amides is 1. The molecule has 0 aliphatic rings. The van der Waals surface area contributed by atoms with Gasteiger partial charge < -0.3 is 4.74 Å². The molecule has 1 aromatic heterocycles. The number of anilines is 1. The monoisotopic (exact) mass is 337 g/mol. The third-order valence-corrected chi connectivity index (χ3v) is 2.50. The van der Waals surface area contributed by atoms with E-state index in [1.807, 2.05) is 27.7 Å². The van der Waals surface area contributed by atoms with Gasteiger partial charge in [-0.3, -0.25) is 5.32 Å². The van der Waals surface area contributed by atoms with Crippen LogP contribution in [0.4, 0.5) is 10.6 Å². The van der Waals surface area contributed by atoms with Gasteiger partial charge in [0.15, 0.2) is 0 Å². The molecule has 90 valence electrons. The van der Waals surface area contributed by atoms with Crippen LogP contribution in [0.15, 0.2) is 6.20 Å². The van der Waals surface area contributed by atoms with E-state index in [-0.39, 0.29) is 0 Å². The number of ether oxygens (including phenoxy) is 1. The summed E-state index contributed by atoms with van der Waals surface area (Å²) in [5.41, 5.74) is -0.493. The Hall–Kier alpha value is -0.790. The van der Waals surface area contributed by atoms with Gasteiger partial charge >= 0.3 is 6.09 Å².